The summed E-state index contributed by atoms with van der Waals surface area (Å²) in [5, 5.41) is 3.31. The van der Waals surface area contributed by atoms with Crippen molar-refractivity contribution in [3.63, 3.8) is 0 Å². The predicted molar refractivity (Wildman–Crippen MR) is 90.0 cm³/mol. The summed E-state index contributed by atoms with van der Waals surface area (Å²) in [6.07, 6.45) is 1.78. The summed E-state index contributed by atoms with van der Waals surface area (Å²) in [4.78, 5) is 0. The number of nitrogens with zero attached hydrogens (tertiary/aromatic N) is 1. The van der Waals surface area contributed by atoms with E-state index < -0.39 is 0 Å². The molecule has 0 aliphatic heterocycles. The second-order valence-electron chi connectivity index (χ2n) is 5.76. The molecule has 0 aliphatic rings. The second kappa shape index (κ2) is 13.1. The Morgan fingerprint density at radius 3 is 1.63 bits per heavy atom. The molecule has 0 saturated heterocycles. The summed E-state index contributed by atoms with van der Waals surface area (Å²) in [6.45, 7) is 21.6. The van der Waals surface area contributed by atoms with E-state index >= 15 is 0 Å². The fourth-order valence-corrected chi connectivity index (χ4v) is 2.41. The molecule has 0 saturated carbocycles. The molecule has 0 radical (unpaired) electrons. The summed E-state index contributed by atoms with van der Waals surface area (Å²) in [5.41, 5.74) is 0. The summed E-state index contributed by atoms with van der Waals surface area (Å²) in [6, 6.07) is 2.35. The first kappa shape index (κ1) is 21.4. The lowest BCUT2D eigenvalue weighted by Gasteiger charge is -2.28. The van der Waals surface area contributed by atoms with E-state index in [1.54, 1.807) is 6.08 Å². The highest BCUT2D eigenvalue weighted by Crippen LogP contribution is 2.25. The van der Waals surface area contributed by atoms with E-state index in [9.17, 15) is 0 Å². The molecule has 0 spiro atoms. The zero-order chi connectivity index (χ0) is 15.4. The van der Waals surface area contributed by atoms with Gasteiger partial charge in [-0.05, 0) is 27.7 Å². The lowest BCUT2D eigenvalue weighted by molar-refractivity contribution is 0.281. The normalized spacial score (nSPS) is 12.1. The molecule has 0 aromatic carbocycles. The van der Waals surface area contributed by atoms with Gasteiger partial charge in [-0.25, -0.2) is 0 Å². The second-order valence-corrected chi connectivity index (χ2v) is 6.75. The van der Waals surface area contributed by atoms with Crippen LogP contribution < -0.4 is 5.32 Å². The van der Waals surface area contributed by atoms with Gasteiger partial charge in [0.1, 0.15) is 0 Å². The molecular formula is C15H35N2OP. The Morgan fingerprint density at radius 1 is 1.00 bits per heavy atom. The van der Waals surface area contributed by atoms with Gasteiger partial charge in [0.25, 0.3) is 0 Å². The zero-order valence-corrected chi connectivity index (χ0v) is 15.2. The molecule has 0 amide bonds. The Kier molecular flexibility index (Phi) is 14.7. The third-order valence-corrected chi connectivity index (χ3v) is 3.69. The zero-order valence-electron chi connectivity index (χ0n) is 14.2. The fourth-order valence-electron chi connectivity index (χ4n) is 1.64. The molecule has 0 aromatic heterocycles. The van der Waals surface area contributed by atoms with Gasteiger partial charge in [0.2, 0.25) is 0 Å². The Labute approximate surface area is 123 Å². The molecule has 0 heterocycles. The van der Waals surface area contributed by atoms with Gasteiger partial charge in [-0.2, -0.15) is 0 Å². The lowest BCUT2D eigenvalue weighted by atomic mass is 10.3. The Morgan fingerprint density at radius 2 is 1.42 bits per heavy atom. The SMILES string of the molecule is C=CCOPN(C(C)C)C(C)C.CC(C)NC(C)C. The number of hydrogen-bond donors (Lipinski definition) is 1. The van der Waals surface area contributed by atoms with Gasteiger partial charge in [-0.3, -0.25) is 4.67 Å². The molecule has 1 unspecified atom stereocenters. The van der Waals surface area contributed by atoms with Crippen LogP contribution in [0.1, 0.15) is 55.4 Å². The first-order valence-corrected chi connectivity index (χ1v) is 8.10. The van der Waals surface area contributed by atoms with Crippen LogP contribution in [0.25, 0.3) is 0 Å². The summed E-state index contributed by atoms with van der Waals surface area (Å²) >= 11 is 0. The van der Waals surface area contributed by atoms with Crippen LogP contribution in [0.4, 0.5) is 0 Å². The minimum absolute atomic E-state index is 0.453. The van der Waals surface area contributed by atoms with Gasteiger partial charge in [0, 0.05) is 24.2 Å². The maximum absolute atomic E-state index is 5.40. The molecule has 0 rings (SSSR count). The molecule has 1 atom stereocenters. The van der Waals surface area contributed by atoms with Gasteiger partial charge in [-0.1, -0.05) is 33.8 Å². The smallest absolute Gasteiger partial charge is 0.0898 e. The van der Waals surface area contributed by atoms with Crippen molar-refractivity contribution in [3.05, 3.63) is 12.7 Å². The molecule has 4 heteroatoms. The van der Waals surface area contributed by atoms with E-state index in [0.29, 0.717) is 39.7 Å². The topological polar surface area (TPSA) is 24.5 Å². The van der Waals surface area contributed by atoms with Crippen molar-refractivity contribution in [2.75, 3.05) is 6.61 Å². The molecule has 0 aliphatic carbocycles. The lowest BCUT2D eigenvalue weighted by Crippen LogP contribution is -2.29. The quantitative estimate of drug-likeness (QED) is 0.412. The van der Waals surface area contributed by atoms with Crippen molar-refractivity contribution >= 4 is 8.96 Å². The number of hydrogen-bond acceptors (Lipinski definition) is 3. The van der Waals surface area contributed by atoms with Crippen molar-refractivity contribution in [1.82, 2.24) is 9.99 Å². The molecule has 0 aromatic rings. The van der Waals surface area contributed by atoms with Crippen LogP contribution in [0, 0.1) is 0 Å². The minimum Gasteiger partial charge on any atom is -0.342 e. The van der Waals surface area contributed by atoms with Crippen LogP contribution in [-0.2, 0) is 4.52 Å². The van der Waals surface area contributed by atoms with Crippen LogP contribution in [0.2, 0.25) is 0 Å². The Hall–Kier alpha value is 0.0500. The number of rotatable bonds is 8. The van der Waals surface area contributed by atoms with Crippen LogP contribution >= 0.6 is 8.96 Å². The van der Waals surface area contributed by atoms with Gasteiger partial charge < -0.3 is 9.84 Å². The monoisotopic (exact) mass is 290 g/mol. The van der Waals surface area contributed by atoms with Crippen molar-refractivity contribution in [2.45, 2.75) is 79.6 Å². The molecule has 0 bridgehead atoms. The first-order chi connectivity index (χ1) is 8.72. The highest BCUT2D eigenvalue weighted by atomic mass is 31.1. The van der Waals surface area contributed by atoms with E-state index in [1.165, 1.54) is 0 Å². The van der Waals surface area contributed by atoms with E-state index in [1.807, 2.05) is 0 Å². The highest BCUT2D eigenvalue weighted by molar-refractivity contribution is 7.29. The third-order valence-electron chi connectivity index (χ3n) is 2.15. The van der Waals surface area contributed by atoms with Crippen molar-refractivity contribution < 1.29 is 4.52 Å². The molecular weight excluding hydrogens is 255 g/mol. The van der Waals surface area contributed by atoms with Crippen LogP contribution in [0.15, 0.2) is 12.7 Å². The van der Waals surface area contributed by atoms with Crippen LogP contribution in [0.5, 0.6) is 0 Å². The Bertz CT molecular complexity index is 192. The van der Waals surface area contributed by atoms with Gasteiger partial charge in [-0.15, -0.1) is 6.58 Å². The van der Waals surface area contributed by atoms with E-state index in [4.69, 9.17) is 4.52 Å². The largest absolute Gasteiger partial charge is 0.342 e. The van der Waals surface area contributed by atoms with Gasteiger partial charge >= 0.3 is 0 Å². The standard InChI is InChI=1S/C9H20NOP.C6H15N/c1-6-7-11-12-10(8(2)3)9(4)5;1-5(2)7-6(3)4/h6,8-9,12H,1,7H2,2-5H3;5-7H,1-4H3. The average molecular weight is 290 g/mol. The van der Waals surface area contributed by atoms with E-state index in [0.717, 1.165) is 0 Å². The fraction of sp³-hybridized carbons (Fsp3) is 0.867. The van der Waals surface area contributed by atoms with Crippen molar-refractivity contribution in [1.29, 1.82) is 0 Å². The highest BCUT2D eigenvalue weighted by Gasteiger charge is 2.12. The van der Waals surface area contributed by atoms with Crippen LogP contribution in [0.3, 0.4) is 0 Å². The van der Waals surface area contributed by atoms with Crippen molar-refractivity contribution in [2.24, 2.45) is 0 Å². The predicted octanol–water partition coefficient (Wildman–Crippen LogP) is 4.21. The number of nitrogens with one attached hydrogen (secondary N) is 1. The minimum atomic E-state index is 0.453. The summed E-state index contributed by atoms with van der Waals surface area (Å²) in [5.74, 6) is 0. The maximum Gasteiger partial charge on any atom is 0.0898 e. The molecule has 3 nitrogen and oxygen atoms in total. The molecule has 0 fully saturated rings. The van der Waals surface area contributed by atoms with Gasteiger partial charge in [0.05, 0.1) is 15.6 Å². The summed E-state index contributed by atoms with van der Waals surface area (Å²) in [7, 11) is 0.453. The average Bonchev–Trinajstić information content (AvgIpc) is 2.22. The van der Waals surface area contributed by atoms with E-state index in [2.05, 4.69) is 72.0 Å². The first-order valence-electron chi connectivity index (χ1n) is 7.25. The summed E-state index contributed by atoms with van der Waals surface area (Å²) < 4.78 is 7.73. The van der Waals surface area contributed by atoms with Crippen LogP contribution in [-0.4, -0.2) is 35.4 Å². The molecule has 1 N–H and O–H groups in total. The van der Waals surface area contributed by atoms with Crippen molar-refractivity contribution in [3.8, 4) is 0 Å². The molecule has 19 heavy (non-hydrogen) atoms. The maximum atomic E-state index is 5.40. The third kappa shape index (κ3) is 16.0. The Balaban J connectivity index is 0. The molecule has 116 valence electrons. The van der Waals surface area contributed by atoms with Gasteiger partial charge in [0.15, 0.2) is 0 Å². The van der Waals surface area contributed by atoms with E-state index in [-0.39, 0.29) is 0 Å².